The van der Waals surface area contributed by atoms with Gasteiger partial charge in [0.25, 0.3) is 10.1 Å². The summed E-state index contributed by atoms with van der Waals surface area (Å²) in [5.74, 6) is -1.22. The summed E-state index contributed by atoms with van der Waals surface area (Å²) < 4.78 is 63.3. The maximum atomic E-state index is 13.6. The van der Waals surface area contributed by atoms with Crippen molar-refractivity contribution in [1.82, 2.24) is 0 Å². The van der Waals surface area contributed by atoms with Crippen LogP contribution in [0.2, 0.25) is 0 Å². The molecule has 0 radical (unpaired) electrons. The summed E-state index contributed by atoms with van der Waals surface area (Å²) in [6.07, 6.45) is -4.50. The molecule has 0 saturated carbocycles. The lowest BCUT2D eigenvalue weighted by Crippen LogP contribution is -2.63. The molecule has 2 saturated heterocycles. The average molecular weight is 656 g/mol. The number of rotatable bonds is 14. The molecule has 0 aliphatic carbocycles. The predicted molar refractivity (Wildman–Crippen MR) is 164 cm³/mol. The van der Waals surface area contributed by atoms with E-state index in [9.17, 15) is 18.0 Å². The van der Waals surface area contributed by atoms with Gasteiger partial charge < -0.3 is 34.1 Å². The Kier molecular flexibility index (Phi) is 11.5. The number of ether oxygens (including phenoxy) is 5. The molecule has 0 spiro atoms. The van der Waals surface area contributed by atoms with Gasteiger partial charge in [-0.15, -0.1) is 0 Å². The highest BCUT2D eigenvalue weighted by molar-refractivity contribution is 7.86. The maximum Gasteiger partial charge on any atom is 0.303 e. The Bertz CT molecular complexity index is 1540. The normalized spacial score (nSPS) is 24.5. The smallest absolute Gasteiger partial charge is 0.303 e. The number of hydrogen-bond acceptors (Lipinski definition) is 10. The number of anilines is 1. The molecule has 1 amide bonds. The Hall–Kier alpha value is -3.69. The molecule has 0 bridgehead atoms. The summed E-state index contributed by atoms with van der Waals surface area (Å²) in [6.45, 7) is 0.303. The first-order valence-corrected chi connectivity index (χ1v) is 16.3. The van der Waals surface area contributed by atoms with Crippen LogP contribution in [-0.2, 0) is 54.2 Å². The molecule has 13 heteroatoms. The number of aliphatic carboxylic acids is 1. The Labute approximate surface area is 267 Å². The molecule has 6 atom stereocenters. The lowest BCUT2D eigenvalue weighted by molar-refractivity contribution is -0.360. The second-order valence-corrected chi connectivity index (χ2v) is 12.5. The number of hydrogen-bond donors (Lipinski definition) is 2. The van der Waals surface area contributed by atoms with Gasteiger partial charge in [0.2, 0.25) is 5.91 Å². The monoisotopic (exact) mass is 655 g/mol. The molecule has 12 nitrogen and oxygen atoms in total. The van der Waals surface area contributed by atoms with Crippen LogP contribution < -0.4 is 5.32 Å². The zero-order valence-electron chi connectivity index (χ0n) is 25.2. The minimum absolute atomic E-state index is 0.0110. The third-order valence-electron chi connectivity index (χ3n) is 7.58. The number of unbranched alkanes of at least 4 members (excludes halogenated alkanes) is 1. The third-order valence-corrected chi connectivity index (χ3v) is 8.91. The summed E-state index contributed by atoms with van der Waals surface area (Å²) >= 11 is 0. The van der Waals surface area contributed by atoms with E-state index in [1.165, 1.54) is 31.4 Å². The average Bonchev–Trinajstić information content (AvgIpc) is 3.06. The minimum atomic E-state index is -4.39. The molecule has 5 rings (SSSR count). The van der Waals surface area contributed by atoms with Gasteiger partial charge in [0.1, 0.15) is 18.3 Å². The van der Waals surface area contributed by atoms with Gasteiger partial charge in [-0.05, 0) is 42.7 Å². The molecule has 0 aromatic heterocycles. The first-order valence-electron chi connectivity index (χ1n) is 14.9. The van der Waals surface area contributed by atoms with Crippen molar-refractivity contribution < 1.29 is 51.0 Å². The summed E-state index contributed by atoms with van der Waals surface area (Å²) in [6, 6.07) is 24.3. The SMILES string of the molecule is CO[C@@H]1O[C@@H]2CO[C@@H](c3ccccc3)O[C@H]2[C@H](OCc2ccccc2)[C@@H]1OS(=O)(=O)c1ccc(NC(=O)CCCCC(=O)O)cc1. The molecule has 2 aliphatic rings. The quantitative estimate of drug-likeness (QED) is 0.187. The van der Waals surface area contributed by atoms with Gasteiger partial charge in [0.15, 0.2) is 18.7 Å². The van der Waals surface area contributed by atoms with Gasteiger partial charge in [0.05, 0.1) is 18.1 Å². The Balaban J connectivity index is 1.33. The fraction of sp³-hybridized carbons (Fsp3) is 0.394. The number of carboxylic acids is 1. The Morgan fingerprint density at radius 3 is 2.24 bits per heavy atom. The number of benzene rings is 3. The molecular weight excluding hydrogens is 618 g/mol. The first kappa shape index (κ1) is 33.7. The van der Waals surface area contributed by atoms with E-state index in [-0.39, 0.29) is 36.9 Å². The largest absolute Gasteiger partial charge is 0.481 e. The van der Waals surface area contributed by atoms with Crippen LogP contribution in [-0.4, -0.2) is 69.8 Å². The molecule has 3 aromatic carbocycles. The van der Waals surface area contributed by atoms with Gasteiger partial charge >= 0.3 is 5.97 Å². The standard InChI is InChI=1S/C33H37NO11S/c1-40-33-31(45-46(38,39)25-18-16-24(17-19-25)34-27(35)14-8-9-15-28(36)37)30(41-20-22-10-4-2-5-11-22)29-26(43-33)21-42-32(44-29)23-12-6-3-7-13-23/h2-7,10-13,16-19,26,29-33H,8-9,14-15,20-21H2,1H3,(H,34,35)(H,36,37)/t26-,29-,30+,31+,32-,33-/m1/s1. The van der Waals surface area contributed by atoms with Crippen LogP contribution in [0.15, 0.2) is 89.8 Å². The van der Waals surface area contributed by atoms with E-state index in [0.29, 0.717) is 18.5 Å². The topological polar surface area (TPSA) is 156 Å². The molecule has 2 fully saturated rings. The van der Waals surface area contributed by atoms with Crippen LogP contribution in [0.4, 0.5) is 5.69 Å². The number of carboxylic acid groups (broad SMARTS) is 1. The lowest BCUT2D eigenvalue weighted by atomic mass is 9.97. The first-order chi connectivity index (χ1) is 22.2. The zero-order chi connectivity index (χ0) is 32.5. The number of amides is 1. The third kappa shape index (κ3) is 8.76. The van der Waals surface area contributed by atoms with Gasteiger partial charge in [-0.25, -0.2) is 0 Å². The van der Waals surface area contributed by atoms with Crippen molar-refractivity contribution in [2.45, 2.75) is 74.2 Å². The highest BCUT2D eigenvalue weighted by Gasteiger charge is 2.53. The van der Waals surface area contributed by atoms with Gasteiger partial charge in [-0.3, -0.25) is 13.8 Å². The molecule has 0 unspecified atom stereocenters. The van der Waals surface area contributed by atoms with Crippen LogP contribution in [0.1, 0.15) is 43.1 Å². The van der Waals surface area contributed by atoms with Crippen molar-refractivity contribution in [2.24, 2.45) is 0 Å². The molecule has 46 heavy (non-hydrogen) atoms. The lowest BCUT2D eigenvalue weighted by Gasteiger charge is -2.48. The predicted octanol–water partition coefficient (Wildman–Crippen LogP) is 4.41. The highest BCUT2D eigenvalue weighted by atomic mass is 32.2. The van der Waals surface area contributed by atoms with Crippen molar-refractivity contribution >= 4 is 27.7 Å². The van der Waals surface area contributed by atoms with Crippen molar-refractivity contribution in [3.05, 3.63) is 96.1 Å². The van der Waals surface area contributed by atoms with Crippen LogP contribution in [0, 0.1) is 0 Å². The van der Waals surface area contributed by atoms with Crippen LogP contribution in [0.3, 0.4) is 0 Å². The van der Waals surface area contributed by atoms with E-state index < -0.39 is 53.1 Å². The second kappa shape index (κ2) is 15.7. The fourth-order valence-corrected chi connectivity index (χ4v) is 6.34. The number of methoxy groups -OCH3 is 1. The van der Waals surface area contributed by atoms with Gasteiger partial charge in [-0.1, -0.05) is 60.7 Å². The van der Waals surface area contributed by atoms with E-state index in [0.717, 1.165) is 11.1 Å². The number of carbonyl (C=O) groups is 2. The molecule has 3 aromatic rings. The summed E-state index contributed by atoms with van der Waals surface area (Å²) in [7, 11) is -3.00. The number of nitrogens with one attached hydrogen (secondary N) is 1. The van der Waals surface area contributed by atoms with Crippen molar-refractivity contribution in [2.75, 3.05) is 19.0 Å². The number of fused-ring (bicyclic) bond motifs is 1. The summed E-state index contributed by atoms with van der Waals surface area (Å²) in [5.41, 5.74) is 2.04. The summed E-state index contributed by atoms with van der Waals surface area (Å²) in [5, 5.41) is 11.4. The minimum Gasteiger partial charge on any atom is -0.481 e. The summed E-state index contributed by atoms with van der Waals surface area (Å²) in [4.78, 5) is 22.7. The van der Waals surface area contributed by atoms with E-state index in [4.69, 9.17) is 33.0 Å². The molecule has 2 N–H and O–H groups in total. The highest BCUT2D eigenvalue weighted by Crippen LogP contribution is 2.38. The second-order valence-electron chi connectivity index (χ2n) is 10.9. The molecule has 2 heterocycles. The van der Waals surface area contributed by atoms with E-state index in [1.54, 1.807) is 0 Å². The molecule has 2 aliphatic heterocycles. The molecular formula is C33H37NO11S. The van der Waals surface area contributed by atoms with Gasteiger partial charge in [-0.2, -0.15) is 8.42 Å². The van der Waals surface area contributed by atoms with E-state index in [1.807, 2.05) is 60.7 Å². The van der Waals surface area contributed by atoms with Crippen molar-refractivity contribution in [3.8, 4) is 0 Å². The van der Waals surface area contributed by atoms with Crippen LogP contribution >= 0.6 is 0 Å². The van der Waals surface area contributed by atoms with E-state index in [2.05, 4.69) is 5.32 Å². The Morgan fingerprint density at radius 1 is 0.891 bits per heavy atom. The van der Waals surface area contributed by atoms with Crippen molar-refractivity contribution in [3.63, 3.8) is 0 Å². The maximum absolute atomic E-state index is 13.6. The van der Waals surface area contributed by atoms with Crippen LogP contribution in [0.25, 0.3) is 0 Å². The van der Waals surface area contributed by atoms with Crippen molar-refractivity contribution in [1.29, 1.82) is 0 Å². The number of carbonyl (C=O) groups excluding carboxylic acids is 1. The van der Waals surface area contributed by atoms with Gasteiger partial charge in [0, 0.05) is 31.2 Å². The Morgan fingerprint density at radius 2 is 1.57 bits per heavy atom. The fourth-order valence-electron chi connectivity index (χ4n) is 5.27. The van der Waals surface area contributed by atoms with E-state index >= 15 is 0 Å². The van der Waals surface area contributed by atoms with Crippen LogP contribution in [0.5, 0.6) is 0 Å². The zero-order valence-corrected chi connectivity index (χ0v) is 26.0. The molecule has 246 valence electrons.